The van der Waals surface area contributed by atoms with Crippen LogP contribution in [0, 0.1) is 5.41 Å². The van der Waals surface area contributed by atoms with Crippen LogP contribution in [0.25, 0.3) is 0 Å². The van der Waals surface area contributed by atoms with Crippen LogP contribution in [-0.2, 0) is 11.8 Å². The van der Waals surface area contributed by atoms with Crippen molar-refractivity contribution in [3.05, 3.63) is 30.6 Å². The van der Waals surface area contributed by atoms with Crippen molar-refractivity contribution in [2.24, 2.45) is 12.5 Å². The molecule has 0 spiro atoms. The first-order chi connectivity index (χ1) is 7.94. The van der Waals surface area contributed by atoms with E-state index in [4.69, 9.17) is 0 Å². The SMILES string of the molecule is C=CC(=O)N1CC(c2cnn(C)c2)C(C)(C)C1. The molecular weight excluding hydrogens is 214 g/mol. The number of nitrogens with zero attached hydrogens (tertiary/aromatic N) is 3. The van der Waals surface area contributed by atoms with Crippen LogP contribution in [0.4, 0.5) is 0 Å². The topological polar surface area (TPSA) is 38.1 Å². The monoisotopic (exact) mass is 233 g/mol. The number of aryl methyl sites for hydroxylation is 1. The number of amides is 1. The van der Waals surface area contributed by atoms with E-state index >= 15 is 0 Å². The molecule has 0 saturated carbocycles. The molecule has 0 aliphatic carbocycles. The molecule has 1 saturated heterocycles. The second kappa shape index (κ2) is 4.02. The second-order valence-electron chi connectivity index (χ2n) is 5.41. The van der Waals surface area contributed by atoms with E-state index in [1.54, 1.807) is 0 Å². The molecule has 1 aliphatic rings. The molecule has 1 aliphatic heterocycles. The standard InChI is InChI=1S/C13H19N3O/c1-5-12(17)16-8-11(13(2,3)9-16)10-6-14-15(4)7-10/h5-7,11H,1,8-9H2,2-4H3. The van der Waals surface area contributed by atoms with E-state index in [2.05, 4.69) is 25.5 Å². The zero-order chi connectivity index (χ0) is 12.6. The van der Waals surface area contributed by atoms with Gasteiger partial charge in [-0.15, -0.1) is 0 Å². The molecule has 92 valence electrons. The van der Waals surface area contributed by atoms with Crippen LogP contribution in [0.5, 0.6) is 0 Å². The van der Waals surface area contributed by atoms with E-state index in [0.29, 0.717) is 5.92 Å². The molecule has 0 aromatic carbocycles. The maximum absolute atomic E-state index is 11.7. The van der Waals surface area contributed by atoms with Gasteiger partial charge in [0.2, 0.25) is 5.91 Å². The fraction of sp³-hybridized carbons (Fsp3) is 0.538. The normalized spacial score (nSPS) is 22.8. The summed E-state index contributed by atoms with van der Waals surface area (Å²) in [7, 11) is 1.91. The maximum Gasteiger partial charge on any atom is 0.245 e. The van der Waals surface area contributed by atoms with E-state index in [1.165, 1.54) is 11.6 Å². The first-order valence-electron chi connectivity index (χ1n) is 5.84. The quantitative estimate of drug-likeness (QED) is 0.727. The van der Waals surface area contributed by atoms with Gasteiger partial charge in [-0.3, -0.25) is 9.48 Å². The van der Waals surface area contributed by atoms with Crippen molar-refractivity contribution in [3.63, 3.8) is 0 Å². The van der Waals surface area contributed by atoms with Gasteiger partial charge in [-0.25, -0.2) is 0 Å². The molecule has 1 aromatic heterocycles. The number of likely N-dealkylation sites (tertiary alicyclic amines) is 1. The molecule has 1 amide bonds. The molecule has 4 heteroatoms. The van der Waals surface area contributed by atoms with Crippen LogP contribution in [0.15, 0.2) is 25.0 Å². The van der Waals surface area contributed by atoms with Crippen LogP contribution in [0.2, 0.25) is 0 Å². The summed E-state index contributed by atoms with van der Waals surface area (Å²) in [5.41, 5.74) is 1.29. The van der Waals surface area contributed by atoms with Gasteiger partial charge in [-0.2, -0.15) is 5.10 Å². The Labute approximate surface area is 102 Å². The summed E-state index contributed by atoms with van der Waals surface area (Å²) >= 11 is 0. The Balaban J connectivity index is 2.24. The summed E-state index contributed by atoms with van der Waals surface area (Å²) in [6.45, 7) is 9.47. The number of carbonyl (C=O) groups excluding carboxylic acids is 1. The van der Waals surface area contributed by atoms with Crippen LogP contribution < -0.4 is 0 Å². The van der Waals surface area contributed by atoms with Crippen molar-refractivity contribution in [1.82, 2.24) is 14.7 Å². The number of rotatable bonds is 2. The average Bonchev–Trinajstić information content (AvgIpc) is 2.80. The van der Waals surface area contributed by atoms with Gasteiger partial charge in [0.15, 0.2) is 0 Å². The highest BCUT2D eigenvalue weighted by Crippen LogP contribution is 2.42. The molecule has 2 rings (SSSR count). The molecule has 17 heavy (non-hydrogen) atoms. The van der Waals surface area contributed by atoms with Crippen molar-refractivity contribution in [2.45, 2.75) is 19.8 Å². The Hall–Kier alpha value is -1.58. The zero-order valence-electron chi connectivity index (χ0n) is 10.7. The Kier molecular flexibility index (Phi) is 2.81. The lowest BCUT2D eigenvalue weighted by Crippen LogP contribution is -2.28. The summed E-state index contributed by atoms with van der Waals surface area (Å²) in [6, 6.07) is 0. The second-order valence-corrected chi connectivity index (χ2v) is 5.41. The summed E-state index contributed by atoms with van der Waals surface area (Å²) in [6.07, 6.45) is 5.32. The predicted molar refractivity (Wildman–Crippen MR) is 66.5 cm³/mol. The first kappa shape index (κ1) is 11.9. The van der Waals surface area contributed by atoms with Gasteiger partial charge in [-0.05, 0) is 17.1 Å². The van der Waals surface area contributed by atoms with Crippen LogP contribution in [-0.4, -0.2) is 33.7 Å². The third-order valence-electron chi connectivity index (χ3n) is 3.56. The van der Waals surface area contributed by atoms with Gasteiger partial charge < -0.3 is 4.90 Å². The van der Waals surface area contributed by atoms with Crippen LogP contribution >= 0.6 is 0 Å². The largest absolute Gasteiger partial charge is 0.338 e. The molecule has 1 fully saturated rings. The highest BCUT2D eigenvalue weighted by atomic mass is 16.2. The molecule has 2 heterocycles. The Bertz CT molecular complexity index is 447. The zero-order valence-corrected chi connectivity index (χ0v) is 10.7. The summed E-state index contributed by atoms with van der Waals surface area (Å²) < 4.78 is 1.81. The molecule has 0 bridgehead atoms. The molecule has 4 nitrogen and oxygen atoms in total. The van der Waals surface area contributed by atoms with Gasteiger partial charge in [0.05, 0.1) is 6.20 Å². The van der Waals surface area contributed by atoms with E-state index in [1.807, 2.05) is 29.0 Å². The number of carbonyl (C=O) groups is 1. The fourth-order valence-corrected chi connectivity index (χ4v) is 2.61. The van der Waals surface area contributed by atoms with Crippen molar-refractivity contribution >= 4 is 5.91 Å². The lowest BCUT2D eigenvalue weighted by Gasteiger charge is -2.24. The Morgan fingerprint density at radius 2 is 2.35 bits per heavy atom. The third-order valence-corrected chi connectivity index (χ3v) is 3.56. The molecule has 1 aromatic rings. The summed E-state index contributed by atoms with van der Waals surface area (Å²) in [5, 5.41) is 4.21. The van der Waals surface area contributed by atoms with Gasteiger partial charge in [0.25, 0.3) is 0 Å². The van der Waals surface area contributed by atoms with Crippen LogP contribution in [0.3, 0.4) is 0 Å². The van der Waals surface area contributed by atoms with Gasteiger partial charge in [-0.1, -0.05) is 20.4 Å². The third kappa shape index (κ3) is 2.12. The summed E-state index contributed by atoms with van der Waals surface area (Å²) in [4.78, 5) is 13.5. The van der Waals surface area contributed by atoms with E-state index in [9.17, 15) is 4.79 Å². The highest BCUT2D eigenvalue weighted by molar-refractivity contribution is 5.87. The number of aromatic nitrogens is 2. The number of hydrogen-bond acceptors (Lipinski definition) is 2. The minimum Gasteiger partial charge on any atom is -0.338 e. The smallest absolute Gasteiger partial charge is 0.245 e. The van der Waals surface area contributed by atoms with Gasteiger partial charge in [0.1, 0.15) is 0 Å². The predicted octanol–water partition coefficient (Wildman–Crippen LogP) is 1.56. The molecule has 0 radical (unpaired) electrons. The molecule has 1 unspecified atom stereocenters. The first-order valence-corrected chi connectivity index (χ1v) is 5.84. The van der Waals surface area contributed by atoms with Crippen LogP contribution in [0.1, 0.15) is 25.3 Å². The van der Waals surface area contributed by atoms with Crippen molar-refractivity contribution < 1.29 is 4.79 Å². The average molecular weight is 233 g/mol. The minimum absolute atomic E-state index is 0.0180. The lowest BCUT2D eigenvalue weighted by atomic mass is 9.79. The molecular formula is C13H19N3O. The van der Waals surface area contributed by atoms with Crippen molar-refractivity contribution in [2.75, 3.05) is 13.1 Å². The lowest BCUT2D eigenvalue weighted by molar-refractivity contribution is -0.125. The maximum atomic E-state index is 11.7. The van der Waals surface area contributed by atoms with E-state index in [0.717, 1.165) is 13.1 Å². The molecule has 1 atom stereocenters. The van der Waals surface area contributed by atoms with Gasteiger partial charge >= 0.3 is 0 Å². The summed E-state index contributed by atoms with van der Waals surface area (Å²) in [5.74, 6) is 0.365. The molecule has 0 N–H and O–H groups in total. The Morgan fingerprint density at radius 3 is 2.88 bits per heavy atom. The van der Waals surface area contributed by atoms with Crippen molar-refractivity contribution in [3.8, 4) is 0 Å². The Morgan fingerprint density at radius 1 is 1.65 bits per heavy atom. The fourth-order valence-electron chi connectivity index (χ4n) is 2.61. The van der Waals surface area contributed by atoms with Gasteiger partial charge in [0, 0.05) is 32.3 Å². The number of hydrogen-bond donors (Lipinski definition) is 0. The van der Waals surface area contributed by atoms with Crippen molar-refractivity contribution in [1.29, 1.82) is 0 Å². The van der Waals surface area contributed by atoms with E-state index in [-0.39, 0.29) is 11.3 Å². The van der Waals surface area contributed by atoms with E-state index < -0.39 is 0 Å². The minimum atomic E-state index is 0.0180. The highest BCUT2D eigenvalue weighted by Gasteiger charge is 2.41.